The fourth-order valence-corrected chi connectivity index (χ4v) is 5.87. The molecule has 15 heteroatoms. The first-order valence-electron chi connectivity index (χ1n) is 15.5. The van der Waals surface area contributed by atoms with Gasteiger partial charge in [-0.05, 0) is 24.1 Å². The predicted octanol–water partition coefficient (Wildman–Crippen LogP) is 2.48. The number of benzene rings is 2. The van der Waals surface area contributed by atoms with Crippen LogP contribution < -0.4 is 16.0 Å². The number of rotatable bonds is 10. The smallest absolute Gasteiger partial charge is 0.290 e. The minimum absolute atomic E-state index is 0.0539. The highest BCUT2D eigenvalue weighted by molar-refractivity contribution is 5.84. The first-order valence-corrected chi connectivity index (χ1v) is 15.5. The maximum atomic E-state index is 11.1. The standard InChI is InChI=1S/C31H35N9O4.CH2O2/c1-2-22-36-29(44-39-22)26-24(41)25(42)30(43-26)40-17-34-23-27(37-31(38-28(23)40)35-20-13-14-32-15-20)33-16-21(18-9-5-3-6-10-18)19-11-7-4-8-12-19;2-1-3/h3-12,17,20-21,24-26,30,32,41-42H,2,13-16H2,1H3,(H2,33,35,37,38);1H,(H,2,3)/t20?,24-,25+,26-,30+;/m0./s1. The second-order valence-electron chi connectivity index (χ2n) is 11.2. The molecule has 0 spiro atoms. The number of hydrogen-bond donors (Lipinski definition) is 6. The van der Waals surface area contributed by atoms with Crippen LogP contribution in [-0.4, -0.2) is 89.3 Å². The van der Waals surface area contributed by atoms with Gasteiger partial charge in [-0.1, -0.05) is 72.7 Å². The first-order chi connectivity index (χ1) is 23.0. The van der Waals surface area contributed by atoms with E-state index < -0.39 is 24.5 Å². The van der Waals surface area contributed by atoms with Crippen LogP contribution in [0.2, 0.25) is 0 Å². The molecule has 6 N–H and O–H groups in total. The first kappa shape index (κ1) is 32.0. The number of imidazole rings is 1. The predicted molar refractivity (Wildman–Crippen MR) is 171 cm³/mol. The molecular formula is C32H37N9O6. The second-order valence-corrected chi connectivity index (χ2v) is 11.2. The molecule has 1 unspecified atom stereocenters. The van der Waals surface area contributed by atoms with Crippen molar-refractivity contribution in [1.82, 2.24) is 35.0 Å². The summed E-state index contributed by atoms with van der Waals surface area (Å²) in [6.45, 7) is 3.92. The number of aliphatic hydroxyl groups is 2. The van der Waals surface area contributed by atoms with E-state index >= 15 is 0 Å². The fraction of sp³-hybridized carbons (Fsp3) is 0.375. The maximum absolute atomic E-state index is 11.1. The van der Waals surface area contributed by atoms with Crippen LogP contribution in [0.5, 0.6) is 0 Å². The van der Waals surface area contributed by atoms with Crippen LogP contribution in [0.1, 0.15) is 54.4 Å². The van der Waals surface area contributed by atoms with E-state index in [-0.39, 0.29) is 24.3 Å². The molecule has 0 amide bonds. The van der Waals surface area contributed by atoms with E-state index in [0.717, 1.165) is 19.5 Å². The molecule has 47 heavy (non-hydrogen) atoms. The fourth-order valence-electron chi connectivity index (χ4n) is 5.87. The quantitative estimate of drug-likeness (QED) is 0.121. The number of aliphatic hydroxyl groups excluding tert-OH is 2. The number of anilines is 2. The molecule has 246 valence electrons. The maximum Gasteiger partial charge on any atom is 0.290 e. The van der Waals surface area contributed by atoms with Gasteiger partial charge in [0.25, 0.3) is 12.4 Å². The molecule has 5 heterocycles. The van der Waals surface area contributed by atoms with E-state index in [9.17, 15) is 10.2 Å². The van der Waals surface area contributed by atoms with Crippen molar-refractivity contribution in [2.75, 3.05) is 30.3 Å². The second kappa shape index (κ2) is 14.6. The van der Waals surface area contributed by atoms with Gasteiger partial charge in [-0.25, -0.2) is 4.98 Å². The number of nitrogens with zero attached hydrogens (tertiary/aromatic N) is 6. The number of aromatic nitrogens is 6. The van der Waals surface area contributed by atoms with Crippen molar-refractivity contribution >= 4 is 29.4 Å². The topological polar surface area (TPSA) is 206 Å². The third-order valence-corrected chi connectivity index (χ3v) is 8.25. The van der Waals surface area contributed by atoms with Gasteiger partial charge in [-0.15, -0.1) is 0 Å². The van der Waals surface area contributed by atoms with Crippen molar-refractivity contribution in [3.63, 3.8) is 0 Å². The summed E-state index contributed by atoms with van der Waals surface area (Å²) in [6.07, 6.45) is -1.53. The lowest BCUT2D eigenvalue weighted by Gasteiger charge is -2.20. The third-order valence-electron chi connectivity index (χ3n) is 8.25. The van der Waals surface area contributed by atoms with Crippen molar-refractivity contribution < 1.29 is 29.4 Å². The molecule has 2 saturated heterocycles. The molecule has 2 aliphatic rings. The summed E-state index contributed by atoms with van der Waals surface area (Å²) in [7, 11) is 0. The number of ether oxygens (including phenoxy) is 1. The van der Waals surface area contributed by atoms with Gasteiger partial charge >= 0.3 is 0 Å². The molecule has 0 radical (unpaired) electrons. The lowest BCUT2D eigenvalue weighted by molar-refractivity contribution is -0.122. The summed E-state index contributed by atoms with van der Waals surface area (Å²) < 4.78 is 13.1. The van der Waals surface area contributed by atoms with Crippen LogP contribution in [-0.2, 0) is 16.0 Å². The minimum Gasteiger partial charge on any atom is -0.483 e. The van der Waals surface area contributed by atoms with Crippen LogP contribution in [0, 0.1) is 0 Å². The SMILES string of the molecule is CCc1noc([C@H]2O[C@@H](n3cnc4c(NCC(c5ccccc5)c5ccccc5)nc(NC5CCNC5)nc43)[C@H](O)[C@@H]2O)n1.O=CO. The number of carboxylic acid groups (broad SMARTS) is 1. The van der Waals surface area contributed by atoms with E-state index in [1.807, 2.05) is 43.3 Å². The van der Waals surface area contributed by atoms with E-state index in [2.05, 4.69) is 55.3 Å². The zero-order chi connectivity index (χ0) is 32.8. The molecule has 2 fully saturated rings. The largest absolute Gasteiger partial charge is 0.483 e. The number of carbonyl (C=O) groups is 1. The van der Waals surface area contributed by atoms with Crippen molar-refractivity contribution in [2.45, 2.75) is 56.3 Å². The van der Waals surface area contributed by atoms with Crippen LogP contribution in [0.25, 0.3) is 11.2 Å². The number of nitrogens with one attached hydrogen (secondary N) is 3. The summed E-state index contributed by atoms with van der Waals surface area (Å²) in [5, 5.41) is 43.1. The normalized spacial score (nSPS) is 22.3. The van der Waals surface area contributed by atoms with Gasteiger partial charge in [0.05, 0.1) is 6.33 Å². The molecule has 0 aliphatic carbocycles. The Balaban J connectivity index is 0.00000124. The van der Waals surface area contributed by atoms with Crippen LogP contribution in [0.4, 0.5) is 11.8 Å². The zero-order valence-electron chi connectivity index (χ0n) is 25.7. The summed E-state index contributed by atoms with van der Waals surface area (Å²) in [5.74, 6) is 1.64. The van der Waals surface area contributed by atoms with Gasteiger partial charge in [0.2, 0.25) is 5.95 Å². The Kier molecular flexibility index (Phi) is 9.97. The molecule has 7 rings (SSSR count). The lowest BCUT2D eigenvalue weighted by atomic mass is 9.91. The minimum atomic E-state index is -1.29. The average Bonchev–Trinajstić information content (AvgIpc) is 3.91. The van der Waals surface area contributed by atoms with Crippen LogP contribution >= 0.6 is 0 Å². The number of aryl methyl sites for hydroxylation is 1. The molecule has 2 aromatic carbocycles. The third kappa shape index (κ3) is 6.92. The Morgan fingerprint density at radius 3 is 2.36 bits per heavy atom. The highest BCUT2D eigenvalue weighted by Gasteiger charge is 2.47. The van der Waals surface area contributed by atoms with Gasteiger partial charge in [-0.2, -0.15) is 15.0 Å². The monoisotopic (exact) mass is 643 g/mol. The summed E-state index contributed by atoms with van der Waals surface area (Å²) >= 11 is 0. The summed E-state index contributed by atoms with van der Waals surface area (Å²) in [6, 6.07) is 20.8. The van der Waals surface area contributed by atoms with E-state index in [4.69, 9.17) is 29.1 Å². The molecule has 3 aromatic heterocycles. The van der Waals surface area contributed by atoms with Crippen LogP contribution in [0.15, 0.2) is 71.5 Å². The van der Waals surface area contributed by atoms with Gasteiger partial charge < -0.3 is 40.5 Å². The molecule has 15 nitrogen and oxygen atoms in total. The van der Waals surface area contributed by atoms with Gasteiger partial charge in [0.1, 0.15) is 12.2 Å². The Bertz CT molecular complexity index is 1710. The number of hydrogen-bond acceptors (Lipinski definition) is 13. The van der Waals surface area contributed by atoms with Gasteiger partial charge in [0, 0.05) is 31.5 Å². The van der Waals surface area contributed by atoms with Crippen molar-refractivity contribution in [3.8, 4) is 0 Å². The van der Waals surface area contributed by atoms with Crippen LogP contribution in [0.3, 0.4) is 0 Å². The average molecular weight is 644 g/mol. The molecule has 0 bridgehead atoms. The summed E-state index contributed by atoms with van der Waals surface area (Å²) in [5.41, 5.74) is 3.31. The Labute approximate surface area is 270 Å². The van der Waals surface area contributed by atoms with E-state index in [1.54, 1.807) is 10.9 Å². The van der Waals surface area contributed by atoms with E-state index in [1.165, 1.54) is 11.1 Å². The molecular weight excluding hydrogens is 606 g/mol. The Morgan fingerprint density at radius 2 is 1.74 bits per heavy atom. The number of fused-ring (bicyclic) bond motifs is 1. The van der Waals surface area contributed by atoms with Crippen molar-refractivity contribution in [3.05, 3.63) is 89.8 Å². The van der Waals surface area contributed by atoms with Crippen molar-refractivity contribution in [2.24, 2.45) is 0 Å². The summed E-state index contributed by atoms with van der Waals surface area (Å²) in [4.78, 5) is 27.0. The highest BCUT2D eigenvalue weighted by Crippen LogP contribution is 2.40. The van der Waals surface area contributed by atoms with E-state index in [0.29, 0.717) is 41.7 Å². The highest BCUT2D eigenvalue weighted by atomic mass is 16.6. The Morgan fingerprint density at radius 1 is 1.04 bits per heavy atom. The molecule has 5 atom stereocenters. The molecule has 5 aromatic rings. The molecule has 0 saturated carbocycles. The zero-order valence-corrected chi connectivity index (χ0v) is 25.7. The van der Waals surface area contributed by atoms with Gasteiger partial charge in [0.15, 0.2) is 35.1 Å². The Hall–Kier alpha value is -4.96. The lowest BCUT2D eigenvalue weighted by Crippen LogP contribution is -2.29. The van der Waals surface area contributed by atoms with Gasteiger partial charge in [-0.3, -0.25) is 9.36 Å². The van der Waals surface area contributed by atoms with Crippen molar-refractivity contribution in [1.29, 1.82) is 0 Å². The molecule has 2 aliphatic heterocycles.